The summed E-state index contributed by atoms with van der Waals surface area (Å²) in [5.74, 6) is -0.812. The first-order valence-electron chi connectivity index (χ1n) is 9.13. The van der Waals surface area contributed by atoms with E-state index in [1.165, 1.54) is 12.1 Å². The van der Waals surface area contributed by atoms with Gasteiger partial charge >= 0.3 is 0 Å². The lowest BCUT2D eigenvalue weighted by molar-refractivity contribution is -0.138. The van der Waals surface area contributed by atoms with Gasteiger partial charge in [0.05, 0.1) is 11.1 Å². The molecule has 0 radical (unpaired) electrons. The van der Waals surface area contributed by atoms with Gasteiger partial charge in [-0.2, -0.15) is 0 Å². The van der Waals surface area contributed by atoms with Crippen LogP contribution in [0.1, 0.15) is 48.9 Å². The van der Waals surface area contributed by atoms with E-state index in [1.807, 2.05) is 0 Å². The topological polar surface area (TPSA) is 66.6 Å². The molecule has 1 aromatic rings. The van der Waals surface area contributed by atoms with E-state index in [4.69, 9.17) is 5.73 Å². The Morgan fingerprint density at radius 2 is 1.56 bits per heavy atom. The molecule has 1 saturated heterocycles. The molecule has 1 aliphatic carbocycles. The van der Waals surface area contributed by atoms with Crippen LogP contribution in [0, 0.1) is 5.82 Å². The second-order valence-corrected chi connectivity index (χ2v) is 7.13. The van der Waals surface area contributed by atoms with Gasteiger partial charge in [0.25, 0.3) is 5.91 Å². The van der Waals surface area contributed by atoms with Crippen molar-refractivity contribution in [1.82, 2.24) is 9.80 Å². The van der Waals surface area contributed by atoms with Crippen molar-refractivity contribution in [1.29, 1.82) is 0 Å². The molecule has 1 saturated carbocycles. The van der Waals surface area contributed by atoms with Crippen LogP contribution in [0.4, 0.5) is 4.39 Å². The van der Waals surface area contributed by atoms with Crippen molar-refractivity contribution in [2.75, 3.05) is 26.2 Å². The van der Waals surface area contributed by atoms with Gasteiger partial charge in [-0.1, -0.05) is 31.4 Å². The molecule has 1 aromatic carbocycles. The fourth-order valence-corrected chi connectivity index (χ4v) is 3.84. The highest BCUT2D eigenvalue weighted by atomic mass is 19.1. The minimum atomic E-state index is -0.747. The summed E-state index contributed by atoms with van der Waals surface area (Å²) in [6.07, 6.45) is 5.28. The predicted molar refractivity (Wildman–Crippen MR) is 93.5 cm³/mol. The minimum absolute atomic E-state index is 0.00684. The van der Waals surface area contributed by atoms with Gasteiger partial charge in [-0.15, -0.1) is 0 Å². The normalized spacial score (nSPS) is 20.9. The molecular weight excluding hydrogens is 321 g/mol. The highest BCUT2D eigenvalue weighted by Gasteiger charge is 2.39. The van der Waals surface area contributed by atoms with Crippen molar-refractivity contribution >= 4 is 11.8 Å². The Hall–Kier alpha value is -1.95. The average molecular weight is 347 g/mol. The molecule has 2 fully saturated rings. The van der Waals surface area contributed by atoms with Gasteiger partial charge in [0, 0.05) is 26.2 Å². The van der Waals surface area contributed by atoms with Crippen LogP contribution < -0.4 is 5.73 Å². The molecule has 3 rings (SSSR count). The summed E-state index contributed by atoms with van der Waals surface area (Å²) in [6.45, 7) is 1.99. The number of hydrogen-bond acceptors (Lipinski definition) is 3. The minimum Gasteiger partial charge on any atom is -0.339 e. The number of halogens is 1. The van der Waals surface area contributed by atoms with E-state index < -0.39 is 11.4 Å². The third-order valence-corrected chi connectivity index (χ3v) is 5.35. The first-order valence-corrected chi connectivity index (χ1v) is 9.13. The number of carbonyl (C=O) groups is 2. The summed E-state index contributed by atoms with van der Waals surface area (Å²) in [4.78, 5) is 28.9. The first-order chi connectivity index (χ1) is 12.0. The molecule has 6 heteroatoms. The third-order valence-electron chi connectivity index (χ3n) is 5.35. The fourth-order valence-electron chi connectivity index (χ4n) is 3.84. The number of amides is 2. The van der Waals surface area contributed by atoms with Crippen molar-refractivity contribution in [2.24, 2.45) is 5.73 Å². The highest BCUT2D eigenvalue weighted by Crippen LogP contribution is 2.28. The van der Waals surface area contributed by atoms with Gasteiger partial charge in [-0.3, -0.25) is 9.59 Å². The van der Waals surface area contributed by atoms with Crippen molar-refractivity contribution in [3.63, 3.8) is 0 Å². The highest BCUT2D eigenvalue weighted by molar-refractivity contribution is 5.94. The van der Waals surface area contributed by atoms with Crippen LogP contribution in [0.25, 0.3) is 0 Å². The standard InChI is InChI=1S/C19H26FN3O2/c20-16-8-3-2-7-15(16)17(24)22-11-6-12-23(14-13-22)18(25)19(21)9-4-1-5-10-19/h2-3,7-8H,1,4-6,9-14,21H2. The zero-order valence-electron chi connectivity index (χ0n) is 14.5. The molecule has 1 heterocycles. The first kappa shape index (κ1) is 17.9. The van der Waals surface area contributed by atoms with Crippen LogP contribution >= 0.6 is 0 Å². The van der Waals surface area contributed by atoms with Crippen molar-refractivity contribution in [3.05, 3.63) is 35.6 Å². The van der Waals surface area contributed by atoms with E-state index >= 15 is 0 Å². The largest absolute Gasteiger partial charge is 0.339 e. The second-order valence-electron chi connectivity index (χ2n) is 7.13. The number of hydrogen-bond donors (Lipinski definition) is 1. The Balaban J connectivity index is 1.65. The lowest BCUT2D eigenvalue weighted by atomic mass is 9.81. The van der Waals surface area contributed by atoms with Gasteiger partial charge in [0.15, 0.2) is 0 Å². The van der Waals surface area contributed by atoms with Gasteiger partial charge in [0.2, 0.25) is 5.91 Å². The summed E-state index contributed by atoms with van der Waals surface area (Å²) in [6, 6.07) is 6.02. The van der Waals surface area contributed by atoms with Crippen molar-refractivity contribution < 1.29 is 14.0 Å². The zero-order chi connectivity index (χ0) is 17.9. The second kappa shape index (κ2) is 7.52. The molecule has 0 unspecified atom stereocenters. The summed E-state index contributed by atoms with van der Waals surface area (Å²) in [5.41, 5.74) is 5.71. The van der Waals surface area contributed by atoms with Crippen LogP contribution in [0.15, 0.2) is 24.3 Å². The molecule has 0 aromatic heterocycles. The lowest BCUT2D eigenvalue weighted by Gasteiger charge is -2.36. The lowest BCUT2D eigenvalue weighted by Crippen LogP contribution is -2.56. The molecule has 25 heavy (non-hydrogen) atoms. The Labute approximate surface area is 148 Å². The van der Waals surface area contributed by atoms with Gasteiger partial charge in [-0.25, -0.2) is 4.39 Å². The number of nitrogens with two attached hydrogens (primary N) is 1. The Kier molecular flexibility index (Phi) is 5.37. The molecule has 2 amide bonds. The summed E-state index contributed by atoms with van der Waals surface area (Å²) < 4.78 is 13.9. The molecule has 136 valence electrons. The molecule has 0 atom stereocenters. The Bertz CT molecular complexity index is 643. The van der Waals surface area contributed by atoms with E-state index in [0.717, 1.165) is 32.1 Å². The van der Waals surface area contributed by atoms with Crippen LogP contribution in [0.5, 0.6) is 0 Å². The molecule has 2 aliphatic rings. The number of rotatable bonds is 2. The molecule has 0 bridgehead atoms. The SMILES string of the molecule is NC1(C(=O)N2CCCN(C(=O)c3ccccc3F)CC2)CCCCC1. The third kappa shape index (κ3) is 3.84. The maximum atomic E-state index is 13.9. The fraction of sp³-hybridized carbons (Fsp3) is 0.579. The molecule has 0 spiro atoms. The van der Waals surface area contributed by atoms with Crippen LogP contribution in [-0.4, -0.2) is 53.3 Å². The molecule has 2 N–H and O–H groups in total. The van der Waals surface area contributed by atoms with Crippen LogP contribution in [-0.2, 0) is 4.79 Å². The quantitative estimate of drug-likeness (QED) is 0.891. The van der Waals surface area contributed by atoms with Crippen LogP contribution in [0.2, 0.25) is 0 Å². The summed E-state index contributed by atoms with van der Waals surface area (Å²) >= 11 is 0. The average Bonchev–Trinajstić information content (AvgIpc) is 2.87. The molecule has 5 nitrogen and oxygen atoms in total. The van der Waals surface area contributed by atoms with E-state index in [9.17, 15) is 14.0 Å². The van der Waals surface area contributed by atoms with E-state index in [0.29, 0.717) is 32.6 Å². The van der Waals surface area contributed by atoms with E-state index in [2.05, 4.69) is 0 Å². The number of benzene rings is 1. The van der Waals surface area contributed by atoms with Gasteiger partial charge in [-0.05, 0) is 31.4 Å². The van der Waals surface area contributed by atoms with Gasteiger partial charge < -0.3 is 15.5 Å². The molecule has 1 aliphatic heterocycles. The Morgan fingerprint density at radius 1 is 0.920 bits per heavy atom. The number of carbonyl (C=O) groups excluding carboxylic acids is 2. The van der Waals surface area contributed by atoms with Crippen LogP contribution in [0.3, 0.4) is 0 Å². The monoisotopic (exact) mass is 347 g/mol. The van der Waals surface area contributed by atoms with E-state index in [-0.39, 0.29) is 17.4 Å². The maximum absolute atomic E-state index is 13.9. The van der Waals surface area contributed by atoms with E-state index in [1.54, 1.807) is 21.9 Å². The number of nitrogens with zero attached hydrogens (tertiary/aromatic N) is 2. The molecular formula is C19H26FN3O2. The zero-order valence-corrected chi connectivity index (χ0v) is 14.5. The van der Waals surface area contributed by atoms with Gasteiger partial charge in [0.1, 0.15) is 5.82 Å². The summed E-state index contributed by atoms with van der Waals surface area (Å²) in [5, 5.41) is 0. The Morgan fingerprint density at radius 3 is 2.28 bits per heavy atom. The predicted octanol–water partition coefficient (Wildman–Crippen LogP) is 2.16. The van der Waals surface area contributed by atoms with Crippen molar-refractivity contribution in [2.45, 2.75) is 44.1 Å². The summed E-state index contributed by atoms with van der Waals surface area (Å²) in [7, 11) is 0. The van der Waals surface area contributed by atoms with Crippen molar-refractivity contribution in [3.8, 4) is 0 Å². The smallest absolute Gasteiger partial charge is 0.256 e. The maximum Gasteiger partial charge on any atom is 0.256 e.